The summed E-state index contributed by atoms with van der Waals surface area (Å²) in [5.41, 5.74) is 2.77. The predicted octanol–water partition coefficient (Wildman–Crippen LogP) is 5.24. The maximum atomic E-state index is 13.3. The third kappa shape index (κ3) is 5.20. The molecule has 0 saturated carbocycles. The normalized spacial score (nSPS) is 17.2. The fourth-order valence-corrected chi connectivity index (χ4v) is 4.72. The van der Waals surface area contributed by atoms with E-state index in [9.17, 15) is 9.59 Å². The highest BCUT2D eigenvalue weighted by molar-refractivity contribution is 6.15. The van der Waals surface area contributed by atoms with E-state index in [0.29, 0.717) is 62.2 Å². The lowest BCUT2D eigenvalue weighted by Crippen LogP contribution is -2.49. The molecule has 37 heavy (non-hydrogen) atoms. The number of para-hydroxylation sites is 1. The Morgan fingerprint density at radius 3 is 2.59 bits per heavy atom. The first-order valence-electron chi connectivity index (χ1n) is 12.7. The number of carbonyl (C=O) groups is 2. The maximum absolute atomic E-state index is 13.3. The lowest BCUT2D eigenvalue weighted by molar-refractivity contribution is 0.0137. The van der Waals surface area contributed by atoms with Crippen molar-refractivity contribution >= 4 is 28.9 Å². The Hall–Kier alpha value is -3.78. The molecule has 1 fully saturated rings. The fourth-order valence-electron chi connectivity index (χ4n) is 4.72. The lowest BCUT2D eigenvalue weighted by Gasteiger charge is -2.35. The second-order valence-electron chi connectivity index (χ2n) is 10.3. The number of aromatic amines is 1. The Kier molecular flexibility index (Phi) is 6.69. The zero-order chi connectivity index (χ0) is 26.2. The SMILES string of the molecule is CCOc1ccc2c(c1CN1CCN(C(=O)OC(C)(C)C)CC1)OC(=Cc1c[nH]c3ccccc13)C2=O. The summed E-state index contributed by atoms with van der Waals surface area (Å²) < 4.78 is 17.7. The molecule has 1 aromatic heterocycles. The van der Waals surface area contributed by atoms with Gasteiger partial charge in [-0.05, 0) is 52.0 Å². The Morgan fingerprint density at radius 2 is 1.86 bits per heavy atom. The van der Waals surface area contributed by atoms with E-state index in [0.717, 1.165) is 22.0 Å². The summed E-state index contributed by atoms with van der Waals surface area (Å²) in [6.45, 7) is 11.1. The first-order valence-corrected chi connectivity index (χ1v) is 12.7. The second kappa shape index (κ2) is 9.94. The molecular weight excluding hydrogens is 470 g/mol. The van der Waals surface area contributed by atoms with Crippen LogP contribution >= 0.6 is 0 Å². The number of allylic oxidation sites excluding steroid dienone is 1. The largest absolute Gasteiger partial charge is 0.493 e. The second-order valence-corrected chi connectivity index (χ2v) is 10.3. The van der Waals surface area contributed by atoms with Gasteiger partial charge in [0.2, 0.25) is 5.78 Å². The van der Waals surface area contributed by atoms with E-state index in [-0.39, 0.29) is 11.9 Å². The predicted molar refractivity (Wildman–Crippen MR) is 142 cm³/mol. The minimum atomic E-state index is -0.521. The Bertz CT molecular complexity index is 1360. The highest BCUT2D eigenvalue weighted by atomic mass is 16.6. The van der Waals surface area contributed by atoms with Crippen molar-refractivity contribution in [2.45, 2.75) is 39.8 Å². The molecule has 0 bridgehead atoms. The number of amides is 1. The molecule has 194 valence electrons. The number of hydrogen-bond donors (Lipinski definition) is 1. The minimum absolute atomic E-state index is 0.140. The molecule has 0 atom stereocenters. The standard InChI is InChI=1S/C29H33N3O5/c1-5-35-24-11-10-21-26(33)25(16-19-17-30-23-9-7-6-8-20(19)23)36-27(21)22(24)18-31-12-14-32(15-13-31)28(34)37-29(2,3)4/h6-11,16-17,30H,5,12-15,18H2,1-4H3. The minimum Gasteiger partial charge on any atom is -0.493 e. The van der Waals surface area contributed by atoms with Gasteiger partial charge in [0.15, 0.2) is 5.76 Å². The summed E-state index contributed by atoms with van der Waals surface area (Å²) in [4.78, 5) is 33.0. The van der Waals surface area contributed by atoms with Gasteiger partial charge in [0.25, 0.3) is 0 Å². The van der Waals surface area contributed by atoms with Crippen molar-refractivity contribution in [2.75, 3.05) is 32.8 Å². The molecule has 2 aliphatic rings. The van der Waals surface area contributed by atoms with Gasteiger partial charge in [0.1, 0.15) is 17.1 Å². The topological polar surface area (TPSA) is 84.1 Å². The molecule has 1 N–H and O–H groups in total. The van der Waals surface area contributed by atoms with E-state index in [2.05, 4.69) is 9.88 Å². The van der Waals surface area contributed by atoms with Crippen LogP contribution in [0.3, 0.4) is 0 Å². The summed E-state index contributed by atoms with van der Waals surface area (Å²) in [6, 6.07) is 11.6. The Balaban J connectivity index is 1.37. The van der Waals surface area contributed by atoms with Crippen LogP contribution < -0.4 is 9.47 Å². The van der Waals surface area contributed by atoms with Crippen molar-refractivity contribution in [3.63, 3.8) is 0 Å². The van der Waals surface area contributed by atoms with Gasteiger partial charge in [0, 0.05) is 55.4 Å². The molecule has 1 saturated heterocycles. The summed E-state index contributed by atoms with van der Waals surface area (Å²) in [6.07, 6.45) is 3.39. The third-order valence-corrected chi connectivity index (χ3v) is 6.51. The molecule has 3 aromatic rings. The van der Waals surface area contributed by atoms with E-state index in [1.807, 2.05) is 64.2 Å². The summed E-state index contributed by atoms with van der Waals surface area (Å²) in [7, 11) is 0. The molecule has 1 amide bonds. The monoisotopic (exact) mass is 503 g/mol. The number of nitrogens with zero attached hydrogens (tertiary/aromatic N) is 2. The van der Waals surface area contributed by atoms with Crippen LogP contribution in [0.1, 0.15) is 49.2 Å². The first-order chi connectivity index (χ1) is 17.7. The molecule has 8 heteroatoms. The van der Waals surface area contributed by atoms with Crippen LogP contribution in [0.4, 0.5) is 4.79 Å². The van der Waals surface area contributed by atoms with E-state index < -0.39 is 5.60 Å². The number of nitrogens with one attached hydrogen (secondary N) is 1. The number of H-pyrrole nitrogens is 1. The van der Waals surface area contributed by atoms with Crippen LogP contribution in [-0.4, -0.2) is 65.0 Å². The van der Waals surface area contributed by atoms with Crippen molar-refractivity contribution in [2.24, 2.45) is 0 Å². The van der Waals surface area contributed by atoms with Gasteiger partial charge in [-0.1, -0.05) is 18.2 Å². The summed E-state index contributed by atoms with van der Waals surface area (Å²) in [5, 5.41) is 1.03. The highest BCUT2D eigenvalue weighted by Gasteiger charge is 2.33. The van der Waals surface area contributed by atoms with Gasteiger partial charge < -0.3 is 24.1 Å². The number of aromatic nitrogens is 1. The molecule has 0 aliphatic carbocycles. The van der Waals surface area contributed by atoms with Crippen molar-refractivity contribution in [1.29, 1.82) is 0 Å². The number of benzene rings is 2. The zero-order valence-corrected chi connectivity index (χ0v) is 21.8. The van der Waals surface area contributed by atoms with Crippen molar-refractivity contribution in [1.82, 2.24) is 14.8 Å². The molecule has 5 rings (SSSR count). The molecule has 3 heterocycles. The Morgan fingerprint density at radius 1 is 1.11 bits per heavy atom. The molecule has 0 radical (unpaired) electrons. The van der Waals surface area contributed by atoms with Gasteiger partial charge in [-0.2, -0.15) is 0 Å². The van der Waals surface area contributed by atoms with Crippen molar-refractivity contribution in [3.8, 4) is 11.5 Å². The lowest BCUT2D eigenvalue weighted by atomic mass is 10.0. The van der Waals surface area contributed by atoms with Crippen molar-refractivity contribution < 1.29 is 23.8 Å². The smallest absolute Gasteiger partial charge is 0.410 e. The van der Waals surface area contributed by atoms with Crippen LogP contribution in [0.25, 0.3) is 17.0 Å². The number of Topliss-reactive ketones (excluding diaryl/α,β-unsaturated/α-hetero) is 1. The average Bonchev–Trinajstić information content (AvgIpc) is 3.41. The number of carbonyl (C=O) groups excluding carboxylic acids is 2. The van der Waals surface area contributed by atoms with E-state index in [1.54, 1.807) is 17.0 Å². The molecule has 0 unspecified atom stereocenters. The molecule has 2 aromatic carbocycles. The van der Waals surface area contributed by atoms with Crippen LogP contribution in [0.2, 0.25) is 0 Å². The van der Waals surface area contributed by atoms with Crippen LogP contribution in [0.15, 0.2) is 48.4 Å². The van der Waals surface area contributed by atoms with E-state index in [1.165, 1.54) is 0 Å². The van der Waals surface area contributed by atoms with Crippen molar-refractivity contribution in [3.05, 3.63) is 65.0 Å². The first kappa shape index (κ1) is 24.9. The molecule has 2 aliphatic heterocycles. The van der Waals surface area contributed by atoms with Gasteiger partial charge >= 0.3 is 6.09 Å². The summed E-state index contributed by atoms with van der Waals surface area (Å²) >= 11 is 0. The van der Waals surface area contributed by atoms with Crippen LogP contribution in [0.5, 0.6) is 11.5 Å². The number of fused-ring (bicyclic) bond motifs is 2. The van der Waals surface area contributed by atoms with E-state index in [4.69, 9.17) is 14.2 Å². The average molecular weight is 504 g/mol. The van der Waals surface area contributed by atoms with Gasteiger partial charge in [-0.3, -0.25) is 9.69 Å². The van der Waals surface area contributed by atoms with Gasteiger partial charge in [0.05, 0.1) is 17.7 Å². The zero-order valence-electron chi connectivity index (χ0n) is 21.8. The van der Waals surface area contributed by atoms with Gasteiger partial charge in [-0.15, -0.1) is 0 Å². The number of ketones is 1. The molecular formula is C29H33N3O5. The number of rotatable bonds is 5. The maximum Gasteiger partial charge on any atom is 0.410 e. The van der Waals surface area contributed by atoms with Crippen LogP contribution in [-0.2, 0) is 11.3 Å². The highest BCUT2D eigenvalue weighted by Crippen LogP contribution is 2.41. The van der Waals surface area contributed by atoms with E-state index >= 15 is 0 Å². The number of ether oxygens (including phenoxy) is 3. The fraction of sp³-hybridized carbons (Fsp3) is 0.379. The molecule has 0 spiro atoms. The van der Waals surface area contributed by atoms with Crippen LogP contribution in [0, 0.1) is 0 Å². The number of piperazine rings is 1. The molecule has 8 nitrogen and oxygen atoms in total. The quantitative estimate of drug-likeness (QED) is 0.480. The number of hydrogen-bond acceptors (Lipinski definition) is 6. The third-order valence-electron chi connectivity index (χ3n) is 6.51. The Labute approximate surface area is 216 Å². The van der Waals surface area contributed by atoms with Gasteiger partial charge in [-0.25, -0.2) is 4.79 Å². The summed E-state index contributed by atoms with van der Waals surface area (Å²) in [5.74, 6) is 1.41.